The molecule has 1 aromatic heterocycles. The number of benzene rings is 3. The number of nitrogens with zero attached hydrogens (tertiary/aromatic N) is 2. The molecule has 216 valence electrons. The quantitative estimate of drug-likeness (QED) is 0.205. The molecule has 0 atom stereocenters. The lowest BCUT2D eigenvalue weighted by Gasteiger charge is -2.22. The molecule has 0 fully saturated rings. The predicted molar refractivity (Wildman–Crippen MR) is 133 cm³/mol. The summed E-state index contributed by atoms with van der Waals surface area (Å²) >= 11 is 0. The summed E-state index contributed by atoms with van der Waals surface area (Å²) in [7, 11) is -9.20. The van der Waals surface area contributed by atoms with Gasteiger partial charge in [0, 0.05) is 29.1 Å². The van der Waals surface area contributed by atoms with Gasteiger partial charge in [0.2, 0.25) is 5.82 Å². The minimum absolute atomic E-state index is 0.0379. The molecule has 0 spiro atoms. The van der Waals surface area contributed by atoms with Gasteiger partial charge in [0.05, 0.1) is 10.6 Å². The fourth-order valence-corrected chi connectivity index (χ4v) is 5.53. The largest absolute Gasteiger partial charge is 0.573 e. The van der Waals surface area contributed by atoms with E-state index in [9.17, 15) is 47.7 Å². The van der Waals surface area contributed by atoms with E-state index in [1.165, 1.54) is 30.3 Å². The highest BCUT2D eigenvalue weighted by Crippen LogP contribution is 2.49. The van der Waals surface area contributed by atoms with Crippen LogP contribution in [0.15, 0.2) is 82.7 Å². The van der Waals surface area contributed by atoms with Crippen molar-refractivity contribution in [2.24, 2.45) is 0 Å². The molecule has 0 bridgehead atoms. The summed E-state index contributed by atoms with van der Waals surface area (Å²) in [5.41, 5.74) is -3.08. The van der Waals surface area contributed by atoms with Gasteiger partial charge in [-0.1, -0.05) is 42.5 Å². The van der Waals surface area contributed by atoms with Gasteiger partial charge in [0.25, 0.3) is 10.1 Å². The first kappa shape index (κ1) is 30.0. The molecule has 0 aliphatic heterocycles. The second-order valence-electron chi connectivity index (χ2n) is 8.45. The van der Waals surface area contributed by atoms with Crippen LogP contribution in [0.4, 0.5) is 26.3 Å². The maximum atomic E-state index is 13.6. The Hall–Kier alpha value is -4.02. The Bertz CT molecular complexity index is 1830. The number of aromatic nitrogens is 2. The summed E-state index contributed by atoms with van der Waals surface area (Å²) in [5.74, 6) is -2.78. The van der Waals surface area contributed by atoms with Crippen LogP contribution < -0.4 is 4.74 Å². The number of rotatable bonds is 6. The van der Waals surface area contributed by atoms with Crippen LogP contribution in [-0.4, -0.2) is 44.0 Å². The van der Waals surface area contributed by atoms with Crippen LogP contribution in [-0.2, 0) is 26.1 Å². The molecular weight excluding hydrogens is 602 g/mol. The molecule has 1 N–H and O–H groups in total. The number of hydrogen-bond donors (Lipinski definition) is 1. The molecule has 0 radical (unpaired) electrons. The van der Waals surface area contributed by atoms with Gasteiger partial charge in [-0.2, -0.15) is 21.6 Å². The zero-order chi connectivity index (χ0) is 30.4. The van der Waals surface area contributed by atoms with Crippen LogP contribution in [0.2, 0.25) is 0 Å². The molecule has 4 rings (SSSR count). The molecular formula is C25H16F6N2O6S2. The Balaban J connectivity index is 2.24. The minimum Gasteiger partial charge on any atom is -0.405 e. The predicted octanol–water partition coefficient (Wildman–Crippen LogP) is 6.05. The molecule has 0 aliphatic rings. The van der Waals surface area contributed by atoms with Crippen molar-refractivity contribution in [3.8, 4) is 39.3 Å². The zero-order valence-corrected chi connectivity index (χ0v) is 22.0. The Labute approximate surface area is 228 Å². The molecule has 0 saturated carbocycles. The van der Waals surface area contributed by atoms with Crippen molar-refractivity contribution >= 4 is 20.0 Å². The zero-order valence-electron chi connectivity index (χ0n) is 20.4. The van der Waals surface area contributed by atoms with Crippen LogP contribution in [0.3, 0.4) is 0 Å². The third-order valence-corrected chi connectivity index (χ3v) is 7.61. The average Bonchev–Trinajstić information content (AvgIpc) is 2.86. The Morgan fingerprint density at radius 3 is 1.90 bits per heavy atom. The highest BCUT2D eigenvalue weighted by atomic mass is 32.2. The van der Waals surface area contributed by atoms with Crippen molar-refractivity contribution in [2.45, 2.75) is 22.3 Å². The molecule has 3 aromatic carbocycles. The smallest absolute Gasteiger partial charge is 0.405 e. The van der Waals surface area contributed by atoms with E-state index in [2.05, 4.69) is 14.7 Å². The monoisotopic (exact) mass is 618 g/mol. The fourth-order valence-electron chi connectivity index (χ4n) is 3.98. The SMILES string of the molecule is CS(=O)(=O)c1ccc(-c2c(-c3ccccc3)c(OC(F)(F)F)cc(-c3ccnc(C(F)(F)F)n3)c2S(=O)(=O)O)cc1. The molecule has 8 nitrogen and oxygen atoms in total. The molecule has 4 aromatic rings. The number of sulfone groups is 1. The van der Waals surface area contributed by atoms with E-state index in [0.717, 1.165) is 36.6 Å². The van der Waals surface area contributed by atoms with Gasteiger partial charge >= 0.3 is 12.5 Å². The lowest BCUT2D eigenvalue weighted by molar-refractivity contribution is -0.274. The van der Waals surface area contributed by atoms with Crippen molar-refractivity contribution in [3.63, 3.8) is 0 Å². The number of ether oxygens (including phenoxy) is 1. The second kappa shape index (κ2) is 10.4. The number of halogens is 6. The standard InChI is InChI=1S/C25H16F6N2O6S2/c1-40(34,35)16-9-7-15(8-10-16)21-20(14-5-3-2-4-6-14)19(39-25(29,30)31)13-17(22(21)41(36,37)38)18-11-12-32-23(33-18)24(26,27)28/h2-13H,1H3,(H,36,37,38). The van der Waals surface area contributed by atoms with Crippen LogP contribution in [0.25, 0.3) is 33.5 Å². The maximum absolute atomic E-state index is 13.6. The van der Waals surface area contributed by atoms with E-state index in [1.807, 2.05) is 0 Å². The third kappa shape index (κ3) is 6.66. The van der Waals surface area contributed by atoms with E-state index in [1.54, 1.807) is 0 Å². The highest BCUT2D eigenvalue weighted by Gasteiger charge is 2.38. The van der Waals surface area contributed by atoms with Crippen molar-refractivity contribution in [1.82, 2.24) is 9.97 Å². The van der Waals surface area contributed by atoms with Gasteiger partial charge in [0.15, 0.2) is 9.84 Å². The molecule has 0 unspecified atom stereocenters. The summed E-state index contributed by atoms with van der Waals surface area (Å²) in [5, 5.41) is 0. The van der Waals surface area contributed by atoms with Crippen molar-refractivity contribution in [3.05, 3.63) is 78.8 Å². The Kier molecular flexibility index (Phi) is 7.62. The van der Waals surface area contributed by atoms with Crippen molar-refractivity contribution in [1.29, 1.82) is 0 Å². The van der Waals surface area contributed by atoms with Crippen LogP contribution in [0, 0.1) is 0 Å². The van der Waals surface area contributed by atoms with Crippen LogP contribution in [0.5, 0.6) is 5.75 Å². The van der Waals surface area contributed by atoms with Crippen molar-refractivity contribution in [2.75, 3.05) is 6.26 Å². The Morgan fingerprint density at radius 2 is 1.39 bits per heavy atom. The summed E-state index contributed by atoms with van der Waals surface area (Å²) in [6, 6.07) is 12.4. The number of hydrogen-bond acceptors (Lipinski definition) is 7. The lowest BCUT2D eigenvalue weighted by Crippen LogP contribution is -2.19. The second-order valence-corrected chi connectivity index (χ2v) is 11.8. The summed E-state index contributed by atoms with van der Waals surface area (Å²) < 4.78 is 145. The Morgan fingerprint density at radius 1 is 0.805 bits per heavy atom. The molecule has 1 heterocycles. The maximum Gasteiger partial charge on any atom is 0.573 e. The van der Waals surface area contributed by atoms with E-state index in [4.69, 9.17) is 0 Å². The van der Waals surface area contributed by atoms with Gasteiger partial charge in [-0.25, -0.2) is 18.4 Å². The first-order chi connectivity index (χ1) is 18.9. The van der Waals surface area contributed by atoms with E-state index < -0.39 is 71.3 Å². The van der Waals surface area contributed by atoms with Gasteiger partial charge in [-0.3, -0.25) is 4.55 Å². The highest BCUT2D eigenvalue weighted by molar-refractivity contribution is 7.90. The average molecular weight is 619 g/mol. The molecule has 16 heteroatoms. The summed E-state index contributed by atoms with van der Waals surface area (Å²) in [6.45, 7) is 0. The topological polar surface area (TPSA) is 124 Å². The van der Waals surface area contributed by atoms with E-state index in [0.29, 0.717) is 12.3 Å². The fraction of sp³-hybridized carbons (Fsp3) is 0.120. The van der Waals surface area contributed by atoms with Gasteiger partial charge in [-0.05, 0) is 35.4 Å². The molecule has 41 heavy (non-hydrogen) atoms. The van der Waals surface area contributed by atoms with Gasteiger partial charge in [-0.15, -0.1) is 13.2 Å². The van der Waals surface area contributed by atoms with E-state index >= 15 is 0 Å². The first-order valence-electron chi connectivity index (χ1n) is 11.1. The molecule has 0 aliphatic carbocycles. The van der Waals surface area contributed by atoms with Crippen LogP contribution in [0.1, 0.15) is 5.82 Å². The van der Waals surface area contributed by atoms with Crippen LogP contribution >= 0.6 is 0 Å². The van der Waals surface area contributed by atoms with Gasteiger partial charge in [0.1, 0.15) is 10.6 Å². The summed E-state index contributed by atoms with van der Waals surface area (Å²) in [4.78, 5) is 5.02. The summed E-state index contributed by atoms with van der Waals surface area (Å²) in [6.07, 6.45) is -8.99. The van der Waals surface area contributed by atoms with Gasteiger partial charge < -0.3 is 4.74 Å². The normalized spacial score (nSPS) is 12.8. The first-order valence-corrected chi connectivity index (χ1v) is 14.4. The minimum atomic E-state index is -5.43. The van der Waals surface area contributed by atoms with Crippen molar-refractivity contribution < 1.29 is 52.5 Å². The number of alkyl halides is 6. The third-order valence-electron chi connectivity index (χ3n) is 5.55. The molecule has 0 saturated heterocycles. The lowest BCUT2D eigenvalue weighted by atomic mass is 9.90. The van der Waals surface area contributed by atoms with E-state index in [-0.39, 0.29) is 16.0 Å². The molecule has 0 amide bonds.